The van der Waals surface area contributed by atoms with Crippen molar-refractivity contribution in [2.45, 2.75) is 9.79 Å². The van der Waals surface area contributed by atoms with Gasteiger partial charge in [-0.1, -0.05) is 176 Å². The predicted octanol–water partition coefficient (Wildman–Crippen LogP) is 12.5. The Morgan fingerprint density at radius 2 is 0.765 bits per heavy atom. The summed E-state index contributed by atoms with van der Waals surface area (Å²) in [5.41, 5.74) is 12.1. The van der Waals surface area contributed by atoms with Crippen molar-refractivity contribution in [3.63, 3.8) is 0 Å². The van der Waals surface area contributed by atoms with Crippen LogP contribution >= 0.6 is 11.8 Å². The van der Waals surface area contributed by atoms with Gasteiger partial charge in [0.1, 0.15) is 0 Å². The third kappa shape index (κ3) is 6.18. The van der Waals surface area contributed by atoms with Gasteiger partial charge in [-0.2, -0.15) is 0 Å². The van der Waals surface area contributed by atoms with Crippen LogP contribution in [0.1, 0.15) is 11.1 Å². The molecule has 0 spiro atoms. The molecule has 1 aliphatic rings. The third-order valence-electron chi connectivity index (χ3n) is 9.18. The van der Waals surface area contributed by atoms with Crippen LogP contribution in [0.15, 0.2) is 186 Å². The van der Waals surface area contributed by atoms with Gasteiger partial charge in [0.05, 0.1) is 0 Å². The highest BCUT2D eigenvalue weighted by Gasteiger charge is 2.18. The summed E-state index contributed by atoms with van der Waals surface area (Å²) in [6, 6.07) is 61.5. The van der Waals surface area contributed by atoms with E-state index in [2.05, 4.69) is 152 Å². The third-order valence-corrected chi connectivity index (χ3v) is 10.3. The maximum absolute atomic E-state index is 5.14. The molecule has 0 aliphatic carbocycles. The number of hydrogen-bond donors (Lipinski definition) is 0. The summed E-state index contributed by atoms with van der Waals surface area (Å²) >= 11 is 1.81. The van der Waals surface area contributed by atoms with E-state index in [4.69, 9.17) is 15.0 Å². The molecule has 9 rings (SSSR count). The Balaban J connectivity index is 1.23. The Kier molecular flexibility index (Phi) is 8.13. The molecular formula is C47H31N3S. The standard InChI is InChI=1S/C47H31N3S/c1-3-14-32(15-4-1)36-19-13-20-37(30-36)46-48-45(35-17-5-2-6-18-35)49-47(50-46)38-29-28-34-27-26-33-16-7-8-21-39(33)40-22-9-11-24-43(40)51-44-25-12-10-23-41(44)42(34)31-38/h1-31H. The lowest BCUT2D eigenvalue weighted by Crippen LogP contribution is -2.00. The highest BCUT2D eigenvalue weighted by Crippen LogP contribution is 2.44. The maximum atomic E-state index is 5.14. The van der Waals surface area contributed by atoms with Crippen LogP contribution in [0.5, 0.6) is 0 Å². The first-order valence-corrected chi connectivity index (χ1v) is 17.8. The Hall–Kier alpha value is -6.36. The first-order valence-electron chi connectivity index (χ1n) is 17.0. The van der Waals surface area contributed by atoms with Crippen LogP contribution in [0.3, 0.4) is 0 Å². The summed E-state index contributed by atoms with van der Waals surface area (Å²) in [4.78, 5) is 17.7. The van der Waals surface area contributed by atoms with Crippen LogP contribution in [0.2, 0.25) is 0 Å². The number of benzene rings is 7. The van der Waals surface area contributed by atoms with Crippen molar-refractivity contribution in [3.05, 3.63) is 187 Å². The first kappa shape index (κ1) is 30.7. The smallest absolute Gasteiger partial charge is 0.164 e. The molecule has 0 fully saturated rings. The molecule has 1 aromatic heterocycles. The number of rotatable bonds is 4. The van der Waals surface area contributed by atoms with Gasteiger partial charge in [-0.05, 0) is 68.8 Å². The minimum absolute atomic E-state index is 0.630. The fourth-order valence-electron chi connectivity index (χ4n) is 6.63. The molecule has 4 heteroatoms. The molecule has 0 saturated heterocycles. The van der Waals surface area contributed by atoms with E-state index in [-0.39, 0.29) is 0 Å². The molecule has 0 amide bonds. The van der Waals surface area contributed by atoms with Crippen LogP contribution in [0.25, 0.3) is 79.7 Å². The molecule has 8 aromatic rings. The fourth-order valence-corrected chi connectivity index (χ4v) is 7.74. The van der Waals surface area contributed by atoms with Gasteiger partial charge in [0.2, 0.25) is 0 Å². The van der Waals surface area contributed by atoms with Crippen molar-refractivity contribution in [2.75, 3.05) is 0 Å². The second kappa shape index (κ2) is 13.5. The zero-order chi connectivity index (χ0) is 34.0. The Labute approximate surface area is 302 Å². The molecule has 0 N–H and O–H groups in total. The van der Waals surface area contributed by atoms with Gasteiger partial charge in [0.15, 0.2) is 17.5 Å². The maximum Gasteiger partial charge on any atom is 0.164 e. The van der Waals surface area contributed by atoms with E-state index in [9.17, 15) is 0 Å². The van der Waals surface area contributed by atoms with Crippen molar-refractivity contribution >= 4 is 23.9 Å². The van der Waals surface area contributed by atoms with E-state index in [0.717, 1.165) is 44.5 Å². The molecule has 2 heterocycles. The van der Waals surface area contributed by atoms with Gasteiger partial charge in [-0.25, -0.2) is 15.0 Å². The molecule has 0 radical (unpaired) electrons. The highest BCUT2D eigenvalue weighted by atomic mass is 32.2. The molecule has 0 unspecified atom stereocenters. The van der Waals surface area contributed by atoms with Crippen molar-refractivity contribution in [1.29, 1.82) is 0 Å². The van der Waals surface area contributed by atoms with Crippen LogP contribution < -0.4 is 0 Å². The van der Waals surface area contributed by atoms with Gasteiger partial charge in [-0.3, -0.25) is 0 Å². The van der Waals surface area contributed by atoms with Crippen molar-refractivity contribution in [2.24, 2.45) is 0 Å². The summed E-state index contributed by atoms with van der Waals surface area (Å²) < 4.78 is 0. The molecule has 0 saturated carbocycles. The van der Waals surface area contributed by atoms with Crippen molar-refractivity contribution in [1.82, 2.24) is 15.0 Å². The van der Waals surface area contributed by atoms with Gasteiger partial charge < -0.3 is 0 Å². The molecule has 0 atom stereocenters. The lowest BCUT2D eigenvalue weighted by Gasteiger charge is -2.15. The first-order chi connectivity index (χ1) is 25.3. The second-order valence-electron chi connectivity index (χ2n) is 12.4. The van der Waals surface area contributed by atoms with Gasteiger partial charge >= 0.3 is 0 Å². The van der Waals surface area contributed by atoms with Crippen LogP contribution in [0.4, 0.5) is 0 Å². The van der Waals surface area contributed by atoms with E-state index < -0.39 is 0 Å². The summed E-state index contributed by atoms with van der Waals surface area (Å²) in [6.45, 7) is 0. The van der Waals surface area contributed by atoms with Crippen molar-refractivity contribution in [3.8, 4) is 67.5 Å². The number of nitrogens with zero attached hydrogens (tertiary/aromatic N) is 3. The van der Waals surface area contributed by atoms with E-state index in [1.807, 2.05) is 48.2 Å². The molecule has 1 aliphatic heterocycles. The van der Waals surface area contributed by atoms with Crippen LogP contribution in [-0.2, 0) is 0 Å². The van der Waals surface area contributed by atoms with E-state index in [1.165, 1.54) is 26.5 Å². The Morgan fingerprint density at radius 3 is 1.45 bits per heavy atom. The van der Waals surface area contributed by atoms with Gasteiger partial charge in [0, 0.05) is 26.5 Å². The summed E-state index contributed by atoms with van der Waals surface area (Å²) in [6.07, 6.45) is 4.47. The van der Waals surface area contributed by atoms with E-state index in [0.29, 0.717) is 17.5 Å². The monoisotopic (exact) mass is 669 g/mol. The van der Waals surface area contributed by atoms with Crippen molar-refractivity contribution < 1.29 is 0 Å². The molecule has 51 heavy (non-hydrogen) atoms. The van der Waals surface area contributed by atoms with Gasteiger partial charge in [0.25, 0.3) is 0 Å². The average Bonchev–Trinajstić information content (AvgIpc) is 3.23. The molecule has 0 bridgehead atoms. The average molecular weight is 670 g/mol. The van der Waals surface area contributed by atoms with Gasteiger partial charge in [-0.15, -0.1) is 0 Å². The summed E-state index contributed by atoms with van der Waals surface area (Å²) in [5, 5.41) is 0. The fraction of sp³-hybridized carbons (Fsp3) is 0. The topological polar surface area (TPSA) is 38.7 Å². The molecule has 240 valence electrons. The predicted molar refractivity (Wildman–Crippen MR) is 212 cm³/mol. The lowest BCUT2D eigenvalue weighted by molar-refractivity contribution is 1.07. The zero-order valence-electron chi connectivity index (χ0n) is 27.6. The number of aromatic nitrogens is 3. The Bertz CT molecular complexity index is 2560. The minimum Gasteiger partial charge on any atom is -0.208 e. The largest absolute Gasteiger partial charge is 0.208 e. The number of hydrogen-bond acceptors (Lipinski definition) is 4. The second-order valence-corrected chi connectivity index (χ2v) is 13.5. The molecule has 7 aromatic carbocycles. The number of fused-ring (bicyclic) bond motifs is 6. The highest BCUT2D eigenvalue weighted by molar-refractivity contribution is 7.99. The van der Waals surface area contributed by atoms with Crippen LogP contribution in [0, 0.1) is 0 Å². The SMILES string of the molecule is C1=Cc2ccc(-c3nc(-c4ccccc4)nc(-c4cccc(-c5ccccc5)c4)n3)cc2-c2ccccc2Sc2ccccc2-c2ccccc21. The lowest BCUT2D eigenvalue weighted by atomic mass is 9.95. The van der Waals surface area contributed by atoms with E-state index in [1.54, 1.807) is 0 Å². The summed E-state index contributed by atoms with van der Waals surface area (Å²) in [7, 11) is 0. The van der Waals surface area contributed by atoms with E-state index >= 15 is 0 Å². The molecule has 3 nitrogen and oxygen atoms in total. The van der Waals surface area contributed by atoms with Crippen LogP contribution in [-0.4, -0.2) is 15.0 Å². The summed E-state index contributed by atoms with van der Waals surface area (Å²) in [5.74, 6) is 1.91. The molecular weight excluding hydrogens is 639 g/mol. The minimum atomic E-state index is 0.630. The zero-order valence-corrected chi connectivity index (χ0v) is 28.5. The quantitative estimate of drug-likeness (QED) is 0.187. The normalized spacial score (nSPS) is 11.8. The Morgan fingerprint density at radius 1 is 0.294 bits per heavy atom.